The van der Waals surface area contributed by atoms with Crippen LogP contribution in [-0.4, -0.2) is 26.9 Å². The van der Waals surface area contributed by atoms with E-state index in [0.717, 1.165) is 61.4 Å². The molecule has 0 aromatic carbocycles. The highest BCUT2D eigenvalue weighted by molar-refractivity contribution is 7.20. The summed E-state index contributed by atoms with van der Waals surface area (Å²) in [7, 11) is 0. The predicted molar refractivity (Wildman–Crippen MR) is 114 cm³/mol. The molecular weight excluding hydrogens is 390 g/mol. The average Bonchev–Trinajstić information content (AvgIpc) is 3.20. The normalized spacial score (nSPS) is 19.4. The fourth-order valence-corrected chi connectivity index (χ4v) is 6.64. The van der Waals surface area contributed by atoms with Crippen molar-refractivity contribution >= 4 is 38.8 Å². The van der Waals surface area contributed by atoms with Gasteiger partial charge in [0.2, 0.25) is 0 Å². The summed E-state index contributed by atoms with van der Waals surface area (Å²) in [5.74, 6) is 0.911. The highest BCUT2D eigenvalue weighted by Crippen LogP contribution is 2.36. The maximum Gasteiger partial charge on any atom is 0.264 e. The number of carbonyl (C=O) groups is 1. The van der Waals surface area contributed by atoms with Crippen molar-refractivity contribution in [2.75, 3.05) is 6.54 Å². The molecule has 0 N–H and O–H groups in total. The molecule has 1 amide bonds. The Morgan fingerprint density at radius 2 is 2.07 bits per heavy atom. The van der Waals surface area contributed by atoms with Crippen LogP contribution < -0.4 is 5.56 Å². The zero-order valence-electron chi connectivity index (χ0n) is 16.2. The zero-order chi connectivity index (χ0) is 19.4. The molecule has 0 unspecified atom stereocenters. The van der Waals surface area contributed by atoms with Gasteiger partial charge in [0.05, 0.1) is 16.3 Å². The summed E-state index contributed by atoms with van der Waals surface area (Å²) < 4.78 is 1.84. The number of thiophene rings is 2. The van der Waals surface area contributed by atoms with Crippen molar-refractivity contribution in [3.8, 4) is 0 Å². The summed E-state index contributed by atoms with van der Waals surface area (Å²) in [6.07, 6.45) is 4.97. The smallest absolute Gasteiger partial charge is 0.264 e. The monoisotopic (exact) mass is 413 g/mol. The molecule has 2 aliphatic rings. The van der Waals surface area contributed by atoms with E-state index in [1.54, 1.807) is 11.3 Å². The minimum absolute atomic E-state index is 0.0292. The first-order valence-electron chi connectivity index (χ1n) is 9.96. The maximum absolute atomic E-state index is 13.4. The van der Waals surface area contributed by atoms with Crippen molar-refractivity contribution in [1.29, 1.82) is 0 Å². The Hall–Kier alpha value is -1.99. The zero-order valence-corrected chi connectivity index (χ0v) is 17.8. The first-order chi connectivity index (χ1) is 13.6. The van der Waals surface area contributed by atoms with Crippen LogP contribution in [0.15, 0.2) is 16.2 Å². The number of rotatable bonds is 1. The third-order valence-electron chi connectivity index (χ3n) is 6.14. The van der Waals surface area contributed by atoms with Crippen molar-refractivity contribution in [3.63, 3.8) is 0 Å². The third kappa shape index (κ3) is 2.67. The van der Waals surface area contributed by atoms with Gasteiger partial charge in [-0.05, 0) is 55.7 Å². The molecule has 0 saturated carbocycles. The van der Waals surface area contributed by atoms with Gasteiger partial charge in [-0.25, -0.2) is 4.98 Å². The second kappa shape index (κ2) is 6.81. The molecule has 1 atom stereocenters. The molecule has 7 heteroatoms. The van der Waals surface area contributed by atoms with E-state index < -0.39 is 0 Å². The summed E-state index contributed by atoms with van der Waals surface area (Å²) >= 11 is 3.17. The van der Waals surface area contributed by atoms with Crippen LogP contribution in [0.4, 0.5) is 0 Å². The lowest BCUT2D eigenvalue weighted by atomic mass is 10.0. The molecule has 146 valence electrons. The van der Waals surface area contributed by atoms with E-state index in [2.05, 4.69) is 18.4 Å². The van der Waals surface area contributed by atoms with E-state index in [9.17, 15) is 9.59 Å². The molecule has 5 rings (SSSR count). The molecule has 0 radical (unpaired) electrons. The fraction of sp³-hybridized carbons (Fsp3) is 0.476. The van der Waals surface area contributed by atoms with Crippen LogP contribution in [0.25, 0.3) is 10.2 Å². The van der Waals surface area contributed by atoms with Crippen LogP contribution in [0.3, 0.4) is 0 Å². The molecular formula is C21H23N3O2S2. The number of aromatic nitrogens is 2. The lowest BCUT2D eigenvalue weighted by molar-refractivity contribution is 0.0684. The van der Waals surface area contributed by atoms with Gasteiger partial charge in [-0.2, -0.15) is 0 Å². The first kappa shape index (κ1) is 18.1. The van der Waals surface area contributed by atoms with Gasteiger partial charge in [-0.15, -0.1) is 22.7 Å². The number of amides is 1. The molecule has 0 spiro atoms. The number of aryl methyl sites for hydroxylation is 2. The summed E-state index contributed by atoms with van der Waals surface area (Å²) in [6.45, 7) is 5.47. The highest BCUT2D eigenvalue weighted by Gasteiger charge is 2.32. The Bertz CT molecular complexity index is 1140. The van der Waals surface area contributed by atoms with Crippen molar-refractivity contribution in [2.45, 2.75) is 58.5 Å². The molecule has 0 fully saturated rings. The van der Waals surface area contributed by atoms with Gasteiger partial charge in [0.15, 0.2) is 0 Å². The first-order valence-corrected chi connectivity index (χ1v) is 11.7. The molecule has 0 aliphatic carbocycles. The lowest BCUT2D eigenvalue weighted by Crippen LogP contribution is -2.38. The van der Waals surface area contributed by atoms with E-state index >= 15 is 0 Å². The van der Waals surface area contributed by atoms with E-state index in [0.29, 0.717) is 10.3 Å². The SMILES string of the molecule is Cc1c(C(=O)N2CCc3sccc3[C@H]2C)sc2nc3n(c(=O)c12)CCCCC3. The average molecular weight is 414 g/mol. The van der Waals surface area contributed by atoms with Gasteiger partial charge in [0, 0.05) is 24.4 Å². The van der Waals surface area contributed by atoms with Gasteiger partial charge < -0.3 is 4.90 Å². The van der Waals surface area contributed by atoms with Crippen LogP contribution in [0.5, 0.6) is 0 Å². The van der Waals surface area contributed by atoms with Crippen LogP contribution in [0, 0.1) is 6.92 Å². The molecule has 3 aromatic heterocycles. The molecule has 3 aromatic rings. The molecule has 5 heterocycles. The Kier molecular flexibility index (Phi) is 4.39. The number of hydrogen-bond acceptors (Lipinski definition) is 5. The van der Waals surface area contributed by atoms with Crippen LogP contribution in [0.1, 0.15) is 63.7 Å². The second-order valence-electron chi connectivity index (χ2n) is 7.76. The Balaban J connectivity index is 1.58. The van der Waals surface area contributed by atoms with Gasteiger partial charge in [0.25, 0.3) is 11.5 Å². The quantitative estimate of drug-likeness (QED) is 0.597. The Labute approximate surface area is 171 Å². The van der Waals surface area contributed by atoms with Crippen molar-refractivity contribution in [2.24, 2.45) is 0 Å². The molecule has 0 saturated heterocycles. The largest absolute Gasteiger partial charge is 0.331 e. The lowest BCUT2D eigenvalue weighted by Gasteiger charge is -2.33. The molecule has 2 aliphatic heterocycles. The minimum Gasteiger partial charge on any atom is -0.331 e. The highest BCUT2D eigenvalue weighted by atomic mass is 32.1. The number of carbonyl (C=O) groups excluding carboxylic acids is 1. The minimum atomic E-state index is 0.0292. The van der Waals surface area contributed by atoms with Crippen molar-refractivity contribution in [3.05, 3.63) is 48.5 Å². The van der Waals surface area contributed by atoms with Gasteiger partial charge >= 0.3 is 0 Å². The number of hydrogen-bond donors (Lipinski definition) is 0. The topological polar surface area (TPSA) is 55.2 Å². The van der Waals surface area contributed by atoms with E-state index in [-0.39, 0.29) is 17.5 Å². The fourth-order valence-electron chi connectivity index (χ4n) is 4.53. The molecule has 28 heavy (non-hydrogen) atoms. The summed E-state index contributed by atoms with van der Waals surface area (Å²) in [6, 6.07) is 2.20. The maximum atomic E-state index is 13.4. The van der Waals surface area contributed by atoms with E-state index in [1.165, 1.54) is 21.8 Å². The standard InChI is InChI=1S/C21H23N3O2S2/c1-12-17-19(22-16-6-4-3-5-9-24(16)20(17)25)28-18(12)21(26)23-10-7-15-14(13(23)2)8-11-27-15/h8,11,13H,3-7,9-10H2,1-2H3/t13-/m1/s1. The number of nitrogens with zero attached hydrogens (tertiary/aromatic N) is 3. The summed E-state index contributed by atoms with van der Waals surface area (Å²) in [4.78, 5) is 36.1. The van der Waals surface area contributed by atoms with E-state index in [4.69, 9.17) is 4.98 Å². The van der Waals surface area contributed by atoms with Crippen LogP contribution >= 0.6 is 22.7 Å². The van der Waals surface area contributed by atoms with Gasteiger partial charge in [-0.3, -0.25) is 14.2 Å². The predicted octanol–water partition coefficient (Wildman–Crippen LogP) is 4.31. The summed E-state index contributed by atoms with van der Waals surface area (Å²) in [5.41, 5.74) is 2.08. The summed E-state index contributed by atoms with van der Waals surface area (Å²) in [5, 5.41) is 2.75. The van der Waals surface area contributed by atoms with Crippen molar-refractivity contribution in [1.82, 2.24) is 14.5 Å². The Morgan fingerprint density at radius 1 is 1.21 bits per heavy atom. The Morgan fingerprint density at radius 3 is 2.93 bits per heavy atom. The van der Waals surface area contributed by atoms with Gasteiger partial charge in [0.1, 0.15) is 10.7 Å². The molecule has 0 bridgehead atoms. The second-order valence-corrected chi connectivity index (χ2v) is 9.76. The third-order valence-corrected chi connectivity index (χ3v) is 8.31. The van der Waals surface area contributed by atoms with Gasteiger partial charge in [-0.1, -0.05) is 6.42 Å². The van der Waals surface area contributed by atoms with Crippen LogP contribution in [-0.2, 0) is 19.4 Å². The van der Waals surface area contributed by atoms with Crippen molar-refractivity contribution < 1.29 is 4.79 Å². The number of fused-ring (bicyclic) bond motifs is 3. The van der Waals surface area contributed by atoms with E-state index in [1.807, 2.05) is 16.4 Å². The van der Waals surface area contributed by atoms with Crippen LogP contribution in [0.2, 0.25) is 0 Å². The molecule has 5 nitrogen and oxygen atoms in total.